The molecule has 6 heteroatoms. The second-order valence-corrected chi connectivity index (χ2v) is 6.43. The van der Waals surface area contributed by atoms with Crippen molar-refractivity contribution in [2.24, 2.45) is 0 Å². The Balaban J connectivity index is 1.90. The summed E-state index contributed by atoms with van der Waals surface area (Å²) in [7, 11) is 1.96. The van der Waals surface area contributed by atoms with Crippen LogP contribution in [0.5, 0.6) is 0 Å². The molecule has 1 heterocycles. The Morgan fingerprint density at radius 3 is 2.52 bits per heavy atom. The highest BCUT2D eigenvalue weighted by molar-refractivity contribution is 5.86. The lowest BCUT2D eigenvalue weighted by atomic mass is 10.0. The average Bonchev–Trinajstić information content (AvgIpc) is 3.03. The quantitative estimate of drug-likeness (QED) is 0.509. The predicted molar refractivity (Wildman–Crippen MR) is 98.7 cm³/mol. The van der Waals surface area contributed by atoms with E-state index in [9.17, 15) is 9.59 Å². The summed E-state index contributed by atoms with van der Waals surface area (Å²) >= 11 is 0. The topological polar surface area (TPSA) is 82.3 Å². The molecule has 2 rings (SSSR count). The number of Topliss-reactive ketones (excluding diaryl/α,β-unsaturated/α-hetero) is 1. The van der Waals surface area contributed by atoms with Gasteiger partial charge in [0.25, 0.3) is 0 Å². The van der Waals surface area contributed by atoms with E-state index in [1.807, 2.05) is 25.4 Å². The van der Waals surface area contributed by atoms with Gasteiger partial charge in [0.1, 0.15) is 6.17 Å². The standard InChI is InChI=1S/C19H28N4O2/c1-13(24)18(22-14(2)25)11-15-6-8-16(9-7-15)19-21-12-17(23-19)5-4-10-20-3/h6-9,12,18-21,23H,4-5,10-11H2,1-3H3,(H,22,25). The minimum absolute atomic E-state index is 0.0335. The van der Waals surface area contributed by atoms with Crippen LogP contribution in [-0.4, -0.2) is 31.3 Å². The predicted octanol–water partition coefficient (Wildman–Crippen LogP) is 1.36. The van der Waals surface area contributed by atoms with Gasteiger partial charge in [-0.05, 0) is 50.9 Å². The maximum Gasteiger partial charge on any atom is 0.217 e. The van der Waals surface area contributed by atoms with E-state index >= 15 is 0 Å². The molecule has 6 nitrogen and oxygen atoms in total. The molecule has 25 heavy (non-hydrogen) atoms. The molecule has 2 atom stereocenters. The van der Waals surface area contributed by atoms with E-state index in [1.165, 1.54) is 19.5 Å². The lowest BCUT2D eigenvalue weighted by Crippen LogP contribution is -2.40. The molecule has 0 saturated carbocycles. The third-order valence-electron chi connectivity index (χ3n) is 4.25. The van der Waals surface area contributed by atoms with Crippen LogP contribution in [0.4, 0.5) is 0 Å². The summed E-state index contributed by atoms with van der Waals surface area (Å²) in [5, 5.41) is 12.7. The first-order valence-electron chi connectivity index (χ1n) is 8.72. The third kappa shape index (κ3) is 5.90. The average molecular weight is 344 g/mol. The molecule has 1 aromatic rings. The summed E-state index contributed by atoms with van der Waals surface area (Å²) in [5.41, 5.74) is 3.38. The van der Waals surface area contributed by atoms with Crippen LogP contribution in [0.15, 0.2) is 36.2 Å². The highest BCUT2D eigenvalue weighted by Crippen LogP contribution is 2.19. The number of rotatable bonds is 9. The number of carbonyl (C=O) groups excluding carboxylic acids is 2. The molecule has 2 unspecified atom stereocenters. The molecule has 0 radical (unpaired) electrons. The maximum absolute atomic E-state index is 11.7. The molecule has 1 aromatic carbocycles. The molecule has 1 aliphatic heterocycles. The van der Waals surface area contributed by atoms with E-state index in [0.717, 1.165) is 30.5 Å². The number of carbonyl (C=O) groups is 2. The minimum atomic E-state index is -0.466. The number of amides is 1. The normalized spacial score (nSPS) is 17.2. The molecule has 1 aliphatic rings. The second-order valence-electron chi connectivity index (χ2n) is 6.43. The third-order valence-corrected chi connectivity index (χ3v) is 4.25. The molecular formula is C19H28N4O2. The molecule has 0 aliphatic carbocycles. The Kier molecular flexibility index (Phi) is 7.01. The van der Waals surface area contributed by atoms with E-state index in [-0.39, 0.29) is 17.9 Å². The van der Waals surface area contributed by atoms with Crippen LogP contribution >= 0.6 is 0 Å². The highest BCUT2D eigenvalue weighted by Gasteiger charge is 2.18. The van der Waals surface area contributed by atoms with E-state index in [1.54, 1.807) is 0 Å². The Bertz CT molecular complexity index is 625. The van der Waals surface area contributed by atoms with Crippen molar-refractivity contribution in [1.29, 1.82) is 0 Å². The van der Waals surface area contributed by atoms with E-state index < -0.39 is 6.04 Å². The van der Waals surface area contributed by atoms with Crippen molar-refractivity contribution in [3.63, 3.8) is 0 Å². The largest absolute Gasteiger partial charge is 0.366 e. The van der Waals surface area contributed by atoms with Crippen molar-refractivity contribution in [2.45, 2.75) is 45.3 Å². The number of ketones is 1. The molecule has 1 amide bonds. The lowest BCUT2D eigenvalue weighted by molar-refractivity contribution is -0.125. The van der Waals surface area contributed by atoms with Gasteiger partial charge >= 0.3 is 0 Å². The summed E-state index contributed by atoms with van der Waals surface area (Å²) in [6.45, 7) is 3.93. The Labute approximate surface area is 149 Å². The molecule has 136 valence electrons. The summed E-state index contributed by atoms with van der Waals surface area (Å²) in [5.74, 6) is -0.220. The molecule has 0 spiro atoms. The SMILES string of the molecule is CNCCCC1=CNC(c2ccc(CC(NC(C)=O)C(C)=O)cc2)N1. The number of hydrogen-bond donors (Lipinski definition) is 4. The Hall–Kier alpha value is -2.34. The van der Waals surface area contributed by atoms with Crippen LogP contribution in [0, 0.1) is 0 Å². The zero-order valence-electron chi connectivity index (χ0n) is 15.2. The minimum Gasteiger partial charge on any atom is -0.366 e. The maximum atomic E-state index is 11.7. The molecule has 0 aromatic heterocycles. The van der Waals surface area contributed by atoms with Gasteiger partial charge in [-0.2, -0.15) is 0 Å². The zero-order chi connectivity index (χ0) is 18.2. The van der Waals surface area contributed by atoms with Gasteiger partial charge < -0.3 is 21.3 Å². The lowest BCUT2D eigenvalue weighted by Gasteiger charge is -2.17. The van der Waals surface area contributed by atoms with Gasteiger partial charge in [0.15, 0.2) is 5.78 Å². The van der Waals surface area contributed by atoms with Gasteiger partial charge in [-0.15, -0.1) is 0 Å². The van der Waals surface area contributed by atoms with E-state index in [2.05, 4.69) is 33.4 Å². The van der Waals surface area contributed by atoms with Crippen LogP contribution in [0.3, 0.4) is 0 Å². The number of benzene rings is 1. The summed E-state index contributed by atoms with van der Waals surface area (Å²) in [4.78, 5) is 22.9. The summed E-state index contributed by atoms with van der Waals surface area (Å²) < 4.78 is 0. The van der Waals surface area contributed by atoms with Crippen LogP contribution < -0.4 is 21.3 Å². The van der Waals surface area contributed by atoms with Crippen LogP contribution in [0.2, 0.25) is 0 Å². The van der Waals surface area contributed by atoms with Crippen molar-refractivity contribution in [3.8, 4) is 0 Å². The van der Waals surface area contributed by atoms with Crippen molar-refractivity contribution >= 4 is 11.7 Å². The Morgan fingerprint density at radius 2 is 1.92 bits per heavy atom. The van der Waals surface area contributed by atoms with Crippen LogP contribution in [-0.2, 0) is 16.0 Å². The van der Waals surface area contributed by atoms with Gasteiger partial charge in [0.05, 0.1) is 6.04 Å². The fourth-order valence-corrected chi connectivity index (χ4v) is 2.86. The van der Waals surface area contributed by atoms with E-state index in [0.29, 0.717) is 6.42 Å². The highest BCUT2D eigenvalue weighted by atomic mass is 16.2. The molecule has 0 bridgehead atoms. The molecule has 0 fully saturated rings. The summed E-state index contributed by atoms with van der Waals surface area (Å²) in [6.07, 6.45) is 4.74. The fraction of sp³-hybridized carbons (Fsp3) is 0.474. The zero-order valence-corrected chi connectivity index (χ0v) is 15.2. The number of allylic oxidation sites excluding steroid dienone is 1. The summed E-state index contributed by atoms with van der Waals surface area (Å²) in [6, 6.07) is 7.65. The van der Waals surface area contributed by atoms with Crippen molar-refractivity contribution in [1.82, 2.24) is 21.3 Å². The fourth-order valence-electron chi connectivity index (χ4n) is 2.86. The molecule has 4 N–H and O–H groups in total. The second kappa shape index (κ2) is 9.22. The first-order chi connectivity index (χ1) is 12.0. The molecule has 0 saturated heterocycles. The van der Waals surface area contributed by atoms with Gasteiger partial charge in [-0.3, -0.25) is 9.59 Å². The number of nitrogens with one attached hydrogen (secondary N) is 4. The van der Waals surface area contributed by atoms with E-state index in [4.69, 9.17) is 0 Å². The van der Waals surface area contributed by atoms with Crippen LogP contribution in [0.25, 0.3) is 0 Å². The van der Waals surface area contributed by atoms with Crippen molar-refractivity contribution in [3.05, 3.63) is 47.3 Å². The smallest absolute Gasteiger partial charge is 0.217 e. The van der Waals surface area contributed by atoms with Gasteiger partial charge in [-0.1, -0.05) is 24.3 Å². The first kappa shape index (κ1) is 19.0. The first-order valence-corrected chi connectivity index (χ1v) is 8.72. The van der Waals surface area contributed by atoms with Gasteiger partial charge in [0, 0.05) is 18.8 Å². The van der Waals surface area contributed by atoms with Crippen molar-refractivity contribution in [2.75, 3.05) is 13.6 Å². The van der Waals surface area contributed by atoms with Gasteiger partial charge in [0.2, 0.25) is 5.91 Å². The van der Waals surface area contributed by atoms with Crippen molar-refractivity contribution < 1.29 is 9.59 Å². The monoisotopic (exact) mass is 344 g/mol. The molecular weight excluding hydrogens is 316 g/mol. The van der Waals surface area contributed by atoms with Crippen LogP contribution in [0.1, 0.15) is 44.0 Å². The number of hydrogen-bond acceptors (Lipinski definition) is 5. The van der Waals surface area contributed by atoms with Gasteiger partial charge in [-0.25, -0.2) is 0 Å². The Morgan fingerprint density at radius 1 is 1.20 bits per heavy atom.